The molecule has 0 heterocycles. The molecule has 0 aliphatic carbocycles. The minimum absolute atomic E-state index is 0.339. The highest BCUT2D eigenvalue weighted by molar-refractivity contribution is 9.10. The first kappa shape index (κ1) is 13.7. The molecule has 0 bridgehead atoms. The summed E-state index contributed by atoms with van der Waals surface area (Å²) < 4.78 is 19.2. The number of rotatable bonds is 3. The molecule has 5 heteroatoms. The SMILES string of the molecule is Fc1cc(Oc2ccc(CCl)c(Cl)c2)ccc1Br. The van der Waals surface area contributed by atoms with Gasteiger partial charge in [-0.15, -0.1) is 11.6 Å². The second-order valence-electron chi connectivity index (χ2n) is 3.56. The molecule has 0 saturated heterocycles. The van der Waals surface area contributed by atoms with Crippen molar-refractivity contribution in [3.63, 3.8) is 0 Å². The van der Waals surface area contributed by atoms with Crippen LogP contribution in [0.2, 0.25) is 5.02 Å². The second-order valence-corrected chi connectivity index (χ2v) is 5.09. The van der Waals surface area contributed by atoms with E-state index in [4.69, 9.17) is 27.9 Å². The van der Waals surface area contributed by atoms with Gasteiger partial charge in [-0.3, -0.25) is 0 Å². The summed E-state index contributed by atoms with van der Waals surface area (Å²) in [6.45, 7) is 0. The summed E-state index contributed by atoms with van der Waals surface area (Å²) >= 11 is 14.8. The average molecular weight is 350 g/mol. The zero-order valence-corrected chi connectivity index (χ0v) is 12.2. The lowest BCUT2D eigenvalue weighted by molar-refractivity contribution is 0.476. The Morgan fingerprint density at radius 3 is 2.39 bits per heavy atom. The van der Waals surface area contributed by atoms with Crippen LogP contribution in [0.4, 0.5) is 4.39 Å². The molecular formula is C13H8BrCl2FO. The van der Waals surface area contributed by atoms with Gasteiger partial charge in [0, 0.05) is 17.0 Å². The van der Waals surface area contributed by atoms with Crippen LogP contribution in [0.15, 0.2) is 40.9 Å². The van der Waals surface area contributed by atoms with Gasteiger partial charge in [-0.2, -0.15) is 0 Å². The third kappa shape index (κ3) is 3.16. The molecule has 1 nitrogen and oxygen atoms in total. The first-order valence-corrected chi connectivity index (χ1v) is 6.78. The van der Waals surface area contributed by atoms with Crippen LogP contribution in [0, 0.1) is 5.82 Å². The Bertz CT molecular complexity index is 575. The minimum Gasteiger partial charge on any atom is -0.457 e. The van der Waals surface area contributed by atoms with Crippen molar-refractivity contribution in [3.05, 3.63) is 57.3 Å². The lowest BCUT2D eigenvalue weighted by atomic mass is 10.2. The number of benzene rings is 2. The maximum absolute atomic E-state index is 13.3. The van der Waals surface area contributed by atoms with Gasteiger partial charge in [-0.1, -0.05) is 17.7 Å². The van der Waals surface area contributed by atoms with E-state index < -0.39 is 0 Å². The lowest BCUT2D eigenvalue weighted by Gasteiger charge is -2.08. The van der Waals surface area contributed by atoms with Gasteiger partial charge in [0.15, 0.2) is 0 Å². The van der Waals surface area contributed by atoms with Gasteiger partial charge < -0.3 is 4.74 Å². The van der Waals surface area contributed by atoms with Crippen LogP contribution in [0.25, 0.3) is 0 Å². The molecule has 2 aromatic rings. The monoisotopic (exact) mass is 348 g/mol. The van der Waals surface area contributed by atoms with E-state index in [1.165, 1.54) is 6.07 Å². The normalized spacial score (nSPS) is 10.4. The van der Waals surface area contributed by atoms with E-state index in [0.717, 1.165) is 5.56 Å². The van der Waals surface area contributed by atoms with Gasteiger partial charge in [0.25, 0.3) is 0 Å². The highest BCUT2D eigenvalue weighted by Crippen LogP contribution is 2.29. The van der Waals surface area contributed by atoms with Crippen molar-refractivity contribution in [3.8, 4) is 11.5 Å². The molecule has 0 unspecified atom stereocenters. The van der Waals surface area contributed by atoms with E-state index >= 15 is 0 Å². The fraction of sp³-hybridized carbons (Fsp3) is 0.0769. The Morgan fingerprint density at radius 2 is 1.78 bits per heavy atom. The Labute approximate surface area is 123 Å². The van der Waals surface area contributed by atoms with Gasteiger partial charge in [0.05, 0.1) is 4.47 Å². The quantitative estimate of drug-likeness (QED) is 0.639. The number of hydrogen-bond acceptors (Lipinski definition) is 1. The van der Waals surface area contributed by atoms with Gasteiger partial charge in [0.1, 0.15) is 17.3 Å². The molecule has 0 saturated carbocycles. The largest absolute Gasteiger partial charge is 0.457 e. The van der Waals surface area contributed by atoms with Crippen molar-refractivity contribution in [2.45, 2.75) is 5.88 Å². The Hall–Kier alpha value is -0.770. The number of ether oxygens (including phenoxy) is 1. The van der Waals surface area contributed by atoms with E-state index in [0.29, 0.717) is 26.9 Å². The minimum atomic E-state index is -0.379. The third-order valence-corrected chi connectivity index (χ3v) is 3.58. The molecular weight excluding hydrogens is 342 g/mol. The molecule has 0 aliphatic heterocycles. The maximum Gasteiger partial charge on any atom is 0.141 e. The molecule has 18 heavy (non-hydrogen) atoms. The van der Waals surface area contributed by atoms with E-state index in [1.807, 2.05) is 0 Å². The Morgan fingerprint density at radius 1 is 1.11 bits per heavy atom. The predicted molar refractivity (Wildman–Crippen MR) is 75.2 cm³/mol. The number of hydrogen-bond donors (Lipinski definition) is 0. The van der Waals surface area contributed by atoms with Crippen molar-refractivity contribution in [2.24, 2.45) is 0 Å². The van der Waals surface area contributed by atoms with Gasteiger partial charge in [0.2, 0.25) is 0 Å². The highest BCUT2D eigenvalue weighted by Gasteiger charge is 2.05. The van der Waals surface area contributed by atoms with Crippen LogP contribution in [-0.2, 0) is 5.88 Å². The molecule has 0 radical (unpaired) electrons. The van der Waals surface area contributed by atoms with Crippen LogP contribution in [0.1, 0.15) is 5.56 Å². The van der Waals surface area contributed by atoms with Crippen LogP contribution in [0.5, 0.6) is 11.5 Å². The molecule has 0 fully saturated rings. The standard InChI is InChI=1S/C13H8BrCl2FO/c14-11-4-3-10(6-13(11)17)18-9-2-1-8(7-15)12(16)5-9/h1-6H,7H2. The summed E-state index contributed by atoms with van der Waals surface area (Å²) in [4.78, 5) is 0. The summed E-state index contributed by atoms with van der Waals surface area (Å²) in [5.74, 6) is 0.906. The van der Waals surface area contributed by atoms with Crippen LogP contribution in [0.3, 0.4) is 0 Å². The first-order chi connectivity index (χ1) is 8.60. The third-order valence-electron chi connectivity index (χ3n) is 2.30. The summed E-state index contributed by atoms with van der Waals surface area (Å²) in [5.41, 5.74) is 0.827. The van der Waals surface area contributed by atoms with Crippen molar-refractivity contribution >= 4 is 39.1 Å². The van der Waals surface area contributed by atoms with Gasteiger partial charge in [-0.05, 0) is 45.8 Å². The van der Waals surface area contributed by atoms with E-state index in [2.05, 4.69) is 15.9 Å². The van der Waals surface area contributed by atoms with Crippen molar-refractivity contribution in [2.75, 3.05) is 0 Å². The van der Waals surface area contributed by atoms with E-state index in [9.17, 15) is 4.39 Å². The van der Waals surface area contributed by atoms with Crippen LogP contribution >= 0.6 is 39.1 Å². The maximum atomic E-state index is 13.3. The topological polar surface area (TPSA) is 9.23 Å². The smallest absolute Gasteiger partial charge is 0.141 e. The first-order valence-electron chi connectivity index (χ1n) is 5.07. The molecule has 0 spiro atoms. The molecule has 0 atom stereocenters. The molecule has 0 aliphatic rings. The summed E-state index contributed by atoms with van der Waals surface area (Å²) in [6, 6.07) is 9.71. The summed E-state index contributed by atoms with van der Waals surface area (Å²) in [6.07, 6.45) is 0. The number of halogens is 4. The summed E-state index contributed by atoms with van der Waals surface area (Å²) in [5, 5.41) is 0.528. The fourth-order valence-corrected chi connectivity index (χ4v) is 2.16. The second kappa shape index (κ2) is 5.91. The average Bonchev–Trinajstić information content (AvgIpc) is 2.34. The Balaban J connectivity index is 2.23. The zero-order valence-electron chi connectivity index (χ0n) is 9.09. The predicted octanol–water partition coefficient (Wildman–Crippen LogP) is 5.77. The Kier molecular flexibility index (Phi) is 4.49. The molecule has 0 N–H and O–H groups in total. The van der Waals surface area contributed by atoms with Gasteiger partial charge in [-0.25, -0.2) is 4.39 Å². The highest BCUT2D eigenvalue weighted by atomic mass is 79.9. The molecule has 2 aromatic carbocycles. The van der Waals surface area contributed by atoms with Crippen LogP contribution < -0.4 is 4.74 Å². The molecule has 0 aromatic heterocycles. The van der Waals surface area contributed by atoms with Crippen molar-refractivity contribution in [1.29, 1.82) is 0 Å². The summed E-state index contributed by atoms with van der Waals surface area (Å²) in [7, 11) is 0. The fourth-order valence-electron chi connectivity index (χ4n) is 1.38. The van der Waals surface area contributed by atoms with E-state index in [1.54, 1.807) is 30.3 Å². The lowest BCUT2D eigenvalue weighted by Crippen LogP contribution is -1.88. The molecule has 94 valence electrons. The van der Waals surface area contributed by atoms with Crippen molar-refractivity contribution < 1.29 is 9.13 Å². The molecule has 0 amide bonds. The molecule has 2 rings (SSSR count). The van der Waals surface area contributed by atoms with Gasteiger partial charge >= 0.3 is 0 Å². The van der Waals surface area contributed by atoms with Crippen molar-refractivity contribution in [1.82, 2.24) is 0 Å². The zero-order chi connectivity index (χ0) is 13.1. The van der Waals surface area contributed by atoms with Crippen LogP contribution in [-0.4, -0.2) is 0 Å². The number of alkyl halides is 1. The van der Waals surface area contributed by atoms with E-state index in [-0.39, 0.29) is 5.82 Å².